The summed E-state index contributed by atoms with van der Waals surface area (Å²) in [5, 5.41) is 2.45. The molecule has 0 saturated carbocycles. The normalized spacial score (nSPS) is 11.3. The van der Waals surface area contributed by atoms with Gasteiger partial charge in [0.2, 0.25) is 0 Å². The first kappa shape index (κ1) is 14.8. The van der Waals surface area contributed by atoms with Crippen molar-refractivity contribution in [2.24, 2.45) is 0 Å². The lowest BCUT2D eigenvalue weighted by Gasteiger charge is -2.08. The van der Waals surface area contributed by atoms with Gasteiger partial charge in [0.1, 0.15) is 6.61 Å². The van der Waals surface area contributed by atoms with Crippen molar-refractivity contribution in [3.05, 3.63) is 34.9 Å². The van der Waals surface area contributed by atoms with E-state index >= 15 is 0 Å². The zero-order chi connectivity index (χ0) is 13.6. The van der Waals surface area contributed by atoms with Gasteiger partial charge in [-0.3, -0.25) is 10.1 Å². The van der Waals surface area contributed by atoms with E-state index in [0.717, 1.165) is 0 Å². The fourth-order valence-corrected chi connectivity index (χ4v) is 1.36. The molecule has 1 N–H and O–H groups in total. The molecule has 0 aliphatic heterocycles. The van der Waals surface area contributed by atoms with Gasteiger partial charge in [0.05, 0.1) is 13.1 Å². The molecule has 18 heavy (non-hydrogen) atoms. The van der Waals surface area contributed by atoms with Gasteiger partial charge in [-0.1, -0.05) is 23.7 Å². The van der Waals surface area contributed by atoms with Crippen LogP contribution in [0.5, 0.6) is 0 Å². The van der Waals surface area contributed by atoms with E-state index in [1.165, 1.54) is 0 Å². The molecule has 0 fully saturated rings. The van der Waals surface area contributed by atoms with Crippen molar-refractivity contribution in [2.45, 2.75) is 12.8 Å². The number of ether oxygens (including phenoxy) is 1. The summed E-state index contributed by atoms with van der Waals surface area (Å²) in [6.45, 7) is -1.73. The topological polar surface area (TPSA) is 38.3 Å². The largest absolute Gasteiger partial charge is 0.460 e. The summed E-state index contributed by atoms with van der Waals surface area (Å²) in [5.41, 5.74) is 0.673. The van der Waals surface area contributed by atoms with Crippen LogP contribution in [0.25, 0.3) is 0 Å². The number of carbonyl (C=O) groups excluding carboxylic acids is 1. The van der Waals surface area contributed by atoms with Crippen LogP contribution >= 0.6 is 11.6 Å². The van der Waals surface area contributed by atoms with Gasteiger partial charge in [0.25, 0.3) is 0 Å². The van der Waals surface area contributed by atoms with E-state index in [2.05, 4.69) is 0 Å². The van der Waals surface area contributed by atoms with Crippen molar-refractivity contribution in [1.29, 1.82) is 0 Å². The predicted octanol–water partition coefficient (Wildman–Crippen LogP) is 2.54. The minimum Gasteiger partial charge on any atom is -0.460 e. The van der Waals surface area contributed by atoms with Crippen LogP contribution in [-0.4, -0.2) is 25.2 Å². The Morgan fingerprint density at radius 3 is 2.72 bits per heavy atom. The maximum Gasteiger partial charge on any atom is 0.401 e. The number of halogens is 4. The van der Waals surface area contributed by atoms with E-state index in [4.69, 9.17) is 16.3 Å². The zero-order valence-electron chi connectivity index (χ0n) is 9.26. The molecule has 100 valence electrons. The molecule has 1 aromatic carbocycles. The Bertz CT molecular complexity index is 410. The van der Waals surface area contributed by atoms with Gasteiger partial charge in [0, 0.05) is 5.02 Å². The average molecular weight is 282 g/mol. The van der Waals surface area contributed by atoms with Crippen LogP contribution in [0.3, 0.4) is 0 Å². The third-order valence-electron chi connectivity index (χ3n) is 1.88. The van der Waals surface area contributed by atoms with Crippen LogP contribution in [0.15, 0.2) is 24.3 Å². The quantitative estimate of drug-likeness (QED) is 0.843. The van der Waals surface area contributed by atoms with Gasteiger partial charge in [-0.15, -0.1) is 0 Å². The van der Waals surface area contributed by atoms with Crippen LogP contribution in [0.2, 0.25) is 5.02 Å². The number of rotatable bonds is 5. The van der Waals surface area contributed by atoms with Crippen LogP contribution in [0.1, 0.15) is 5.56 Å². The fourth-order valence-electron chi connectivity index (χ4n) is 1.15. The number of esters is 1. The lowest BCUT2D eigenvalue weighted by atomic mass is 10.2. The second kappa shape index (κ2) is 6.61. The molecule has 1 rings (SSSR count). The van der Waals surface area contributed by atoms with Gasteiger partial charge < -0.3 is 4.74 Å². The van der Waals surface area contributed by atoms with Crippen molar-refractivity contribution >= 4 is 17.6 Å². The summed E-state index contributed by atoms with van der Waals surface area (Å²) in [6, 6.07) is 6.66. The molecule has 0 radical (unpaired) electrons. The molecule has 0 aliphatic rings. The molecule has 0 aromatic heterocycles. The minimum absolute atomic E-state index is 0.0207. The molecule has 0 unspecified atom stereocenters. The lowest BCUT2D eigenvalue weighted by Crippen LogP contribution is -2.33. The Labute approximate surface area is 107 Å². The molecule has 3 nitrogen and oxygen atoms in total. The summed E-state index contributed by atoms with van der Waals surface area (Å²) >= 11 is 5.72. The van der Waals surface area contributed by atoms with E-state index in [9.17, 15) is 18.0 Å². The molecule has 0 spiro atoms. The zero-order valence-corrected chi connectivity index (χ0v) is 10.0. The summed E-state index contributed by atoms with van der Waals surface area (Å²) in [4.78, 5) is 11.1. The van der Waals surface area contributed by atoms with Crippen molar-refractivity contribution in [3.8, 4) is 0 Å². The van der Waals surface area contributed by atoms with Gasteiger partial charge in [-0.05, 0) is 17.7 Å². The van der Waals surface area contributed by atoms with E-state index < -0.39 is 25.2 Å². The molecular formula is C11H11ClF3NO2. The number of hydrogen-bond acceptors (Lipinski definition) is 3. The molecule has 0 bridgehead atoms. The number of benzene rings is 1. The SMILES string of the molecule is O=C(CNCC(F)(F)F)OCc1cccc(Cl)c1. The second-order valence-electron chi connectivity index (χ2n) is 3.51. The minimum atomic E-state index is -4.34. The summed E-state index contributed by atoms with van der Waals surface area (Å²) in [6.07, 6.45) is -4.34. The Kier molecular flexibility index (Phi) is 5.43. The van der Waals surface area contributed by atoms with Crippen LogP contribution in [0.4, 0.5) is 13.2 Å². The van der Waals surface area contributed by atoms with Crippen LogP contribution < -0.4 is 5.32 Å². The summed E-state index contributed by atoms with van der Waals surface area (Å²) < 4.78 is 40.1. The molecule has 1 aromatic rings. The van der Waals surface area contributed by atoms with E-state index in [1.54, 1.807) is 24.3 Å². The Balaban J connectivity index is 2.25. The molecule has 0 heterocycles. The number of alkyl halides is 3. The van der Waals surface area contributed by atoms with Gasteiger partial charge >= 0.3 is 12.1 Å². The number of hydrogen-bond donors (Lipinski definition) is 1. The highest BCUT2D eigenvalue weighted by molar-refractivity contribution is 6.30. The molecule has 0 amide bonds. The summed E-state index contributed by atoms with van der Waals surface area (Å²) in [7, 11) is 0. The van der Waals surface area contributed by atoms with Gasteiger partial charge in [0.15, 0.2) is 0 Å². The Morgan fingerprint density at radius 1 is 1.39 bits per heavy atom. The van der Waals surface area contributed by atoms with Crippen LogP contribution in [-0.2, 0) is 16.1 Å². The Morgan fingerprint density at radius 2 is 2.11 bits per heavy atom. The van der Waals surface area contributed by atoms with Gasteiger partial charge in [-0.25, -0.2) is 0 Å². The monoisotopic (exact) mass is 281 g/mol. The Hall–Kier alpha value is -1.27. The van der Waals surface area contributed by atoms with E-state index in [1.807, 2.05) is 5.32 Å². The standard InChI is InChI=1S/C11H11ClF3NO2/c12-9-3-1-2-8(4-9)6-18-10(17)5-16-7-11(13,14)15/h1-4,16H,5-7H2. The third kappa shape index (κ3) is 6.46. The van der Waals surface area contributed by atoms with E-state index in [-0.39, 0.29) is 6.61 Å². The maximum atomic E-state index is 11.8. The van der Waals surface area contributed by atoms with Crippen molar-refractivity contribution in [1.82, 2.24) is 5.32 Å². The lowest BCUT2D eigenvalue weighted by molar-refractivity contribution is -0.145. The first-order chi connectivity index (χ1) is 8.37. The van der Waals surface area contributed by atoms with Gasteiger partial charge in [-0.2, -0.15) is 13.2 Å². The molecular weight excluding hydrogens is 271 g/mol. The van der Waals surface area contributed by atoms with Crippen LogP contribution in [0, 0.1) is 0 Å². The highest BCUT2D eigenvalue weighted by Crippen LogP contribution is 2.12. The fraction of sp³-hybridized carbons (Fsp3) is 0.364. The van der Waals surface area contributed by atoms with E-state index in [0.29, 0.717) is 10.6 Å². The average Bonchev–Trinajstić information content (AvgIpc) is 2.25. The molecule has 0 aliphatic carbocycles. The molecule has 0 atom stereocenters. The molecule has 7 heteroatoms. The number of nitrogens with one attached hydrogen (secondary N) is 1. The predicted molar refractivity (Wildman–Crippen MR) is 60.2 cm³/mol. The highest BCUT2D eigenvalue weighted by atomic mass is 35.5. The smallest absolute Gasteiger partial charge is 0.401 e. The van der Waals surface area contributed by atoms with Crippen molar-refractivity contribution in [2.75, 3.05) is 13.1 Å². The van der Waals surface area contributed by atoms with Crippen molar-refractivity contribution in [3.63, 3.8) is 0 Å². The summed E-state index contributed by atoms with van der Waals surface area (Å²) in [5.74, 6) is -0.751. The maximum absolute atomic E-state index is 11.8. The van der Waals surface area contributed by atoms with Crippen molar-refractivity contribution < 1.29 is 22.7 Å². The first-order valence-corrected chi connectivity index (χ1v) is 5.42. The second-order valence-corrected chi connectivity index (χ2v) is 3.95. The number of carbonyl (C=O) groups is 1. The highest BCUT2D eigenvalue weighted by Gasteiger charge is 2.26. The molecule has 0 saturated heterocycles. The third-order valence-corrected chi connectivity index (χ3v) is 2.12. The first-order valence-electron chi connectivity index (χ1n) is 5.04.